The molecule has 0 bridgehead atoms. The highest BCUT2D eigenvalue weighted by molar-refractivity contribution is 5.94. The number of hydrogen-bond donors (Lipinski definition) is 1. The molecule has 0 aliphatic carbocycles. The zero-order chi connectivity index (χ0) is 9.28. The Morgan fingerprint density at radius 1 is 1.36 bits per heavy atom. The predicted octanol–water partition coefficient (Wildman–Crippen LogP) is 1.50. The third-order valence-corrected chi connectivity index (χ3v) is 2.41. The van der Waals surface area contributed by atoms with Gasteiger partial charge in [-0.15, -0.1) is 0 Å². The van der Waals surface area contributed by atoms with Gasteiger partial charge >= 0.3 is 0 Å². The third kappa shape index (κ3) is 1.90. The van der Waals surface area contributed by atoms with Crippen LogP contribution in [0, 0.1) is 5.41 Å². The van der Waals surface area contributed by atoms with Crippen LogP contribution in [0.3, 0.4) is 0 Å². The maximum absolute atomic E-state index is 11.3. The van der Waals surface area contributed by atoms with Crippen LogP contribution in [0.15, 0.2) is 12.7 Å². The van der Waals surface area contributed by atoms with Crippen molar-refractivity contribution >= 4 is 5.78 Å². The third-order valence-electron chi connectivity index (χ3n) is 2.41. The molecule has 0 heterocycles. The lowest BCUT2D eigenvalue weighted by molar-refractivity contribution is -0.124. The number of carbonyl (C=O) groups excluding carboxylic acids is 1. The summed E-state index contributed by atoms with van der Waals surface area (Å²) in [6, 6.07) is 0. The van der Waals surface area contributed by atoms with Gasteiger partial charge in [0.25, 0.3) is 0 Å². The fraction of sp³-hybridized carbons (Fsp3) is 0.667. The molecular weight excluding hydrogens is 138 g/mol. The van der Waals surface area contributed by atoms with Gasteiger partial charge in [-0.05, 0) is 19.9 Å². The Labute approximate surface area is 68.5 Å². The van der Waals surface area contributed by atoms with Crippen molar-refractivity contribution in [3.63, 3.8) is 0 Å². The quantitative estimate of drug-likeness (QED) is 0.628. The van der Waals surface area contributed by atoms with Crippen molar-refractivity contribution in [1.29, 1.82) is 0 Å². The van der Waals surface area contributed by atoms with Crippen molar-refractivity contribution in [2.45, 2.75) is 33.2 Å². The van der Waals surface area contributed by atoms with E-state index in [0.717, 1.165) is 0 Å². The topological polar surface area (TPSA) is 43.1 Å². The number of rotatable bonds is 3. The zero-order valence-electron chi connectivity index (χ0n) is 7.77. The number of carbonyl (C=O) groups is 1. The lowest BCUT2D eigenvalue weighted by Crippen LogP contribution is -2.51. The molecule has 0 aliphatic rings. The molecule has 0 aromatic rings. The van der Waals surface area contributed by atoms with Crippen molar-refractivity contribution in [2.75, 3.05) is 0 Å². The molecule has 2 heteroatoms. The zero-order valence-corrected chi connectivity index (χ0v) is 7.77. The molecular formula is C9H17NO. The Hall–Kier alpha value is -0.630. The molecule has 0 radical (unpaired) electrons. The van der Waals surface area contributed by atoms with Crippen LogP contribution in [-0.2, 0) is 4.79 Å². The normalized spacial score (nSPS) is 12.8. The Bertz CT molecular complexity index is 174. The highest BCUT2D eigenvalue weighted by Gasteiger charge is 2.38. The minimum absolute atomic E-state index is 0.00926. The first-order chi connectivity index (χ1) is 4.73. The highest BCUT2D eigenvalue weighted by atomic mass is 16.1. The smallest absolute Gasteiger partial charge is 0.162 e. The number of nitrogens with two attached hydrogens (primary N) is 1. The second-order valence-corrected chi connectivity index (χ2v) is 3.92. The van der Waals surface area contributed by atoms with Crippen LogP contribution in [0.5, 0.6) is 0 Å². The van der Waals surface area contributed by atoms with Gasteiger partial charge in [-0.25, -0.2) is 0 Å². The fourth-order valence-corrected chi connectivity index (χ4v) is 0.573. The summed E-state index contributed by atoms with van der Waals surface area (Å²) in [7, 11) is 0. The average Bonchev–Trinajstić information content (AvgIpc) is 1.83. The largest absolute Gasteiger partial charge is 0.325 e. The Morgan fingerprint density at radius 3 is 1.82 bits per heavy atom. The molecule has 2 nitrogen and oxygen atoms in total. The van der Waals surface area contributed by atoms with Crippen LogP contribution in [0.2, 0.25) is 0 Å². The van der Waals surface area contributed by atoms with Gasteiger partial charge in [0.1, 0.15) is 0 Å². The molecule has 0 spiro atoms. The van der Waals surface area contributed by atoms with Gasteiger partial charge in [0.2, 0.25) is 0 Å². The molecule has 0 fully saturated rings. The maximum Gasteiger partial charge on any atom is 0.162 e. The van der Waals surface area contributed by atoms with Gasteiger partial charge in [0, 0.05) is 11.0 Å². The lowest BCUT2D eigenvalue weighted by Gasteiger charge is -2.36. The summed E-state index contributed by atoms with van der Waals surface area (Å²) in [5.41, 5.74) is 4.79. The molecule has 0 aromatic heterocycles. The second-order valence-electron chi connectivity index (χ2n) is 3.92. The molecule has 0 unspecified atom stereocenters. The van der Waals surface area contributed by atoms with E-state index in [4.69, 9.17) is 5.73 Å². The van der Waals surface area contributed by atoms with E-state index in [2.05, 4.69) is 6.58 Å². The first-order valence-corrected chi connectivity index (χ1v) is 3.69. The predicted molar refractivity (Wildman–Crippen MR) is 47.3 cm³/mol. The van der Waals surface area contributed by atoms with Crippen LogP contribution < -0.4 is 5.73 Å². The molecule has 0 aromatic carbocycles. The molecule has 64 valence electrons. The van der Waals surface area contributed by atoms with E-state index in [9.17, 15) is 4.79 Å². The summed E-state index contributed by atoms with van der Waals surface area (Å²) in [6.07, 6.45) is 1.33. The summed E-state index contributed by atoms with van der Waals surface area (Å²) in [4.78, 5) is 11.3. The molecule has 0 saturated heterocycles. The Kier molecular flexibility index (Phi) is 2.62. The van der Waals surface area contributed by atoms with E-state index in [1.54, 1.807) is 0 Å². The van der Waals surface area contributed by atoms with Crippen LogP contribution in [0.1, 0.15) is 27.7 Å². The van der Waals surface area contributed by atoms with Crippen LogP contribution in [-0.4, -0.2) is 11.3 Å². The molecule has 0 saturated carbocycles. The Morgan fingerprint density at radius 2 is 1.73 bits per heavy atom. The highest BCUT2D eigenvalue weighted by Crippen LogP contribution is 2.29. The van der Waals surface area contributed by atoms with Gasteiger partial charge in [-0.3, -0.25) is 4.79 Å². The number of allylic oxidation sites excluding steroid dienone is 1. The molecule has 0 rings (SSSR count). The van der Waals surface area contributed by atoms with E-state index < -0.39 is 11.0 Å². The molecule has 0 atom stereocenters. The fourth-order valence-electron chi connectivity index (χ4n) is 0.573. The minimum atomic E-state index is -0.533. The minimum Gasteiger partial charge on any atom is -0.325 e. The van der Waals surface area contributed by atoms with Crippen molar-refractivity contribution in [3.8, 4) is 0 Å². The van der Waals surface area contributed by atoms with Gasteiger partial charge < -0.3 is 5.73 Å². The van der Waals surface area contributed by atoms with Gasteiger partial charge in [-0.2, -0.15) is 0 Å². The van der Waals surface area contributed by atoms with E-state index in [0.29, 0.717) is 0 Å². The summed E-state index contributed by atoms with van der Waals surface area (Å²) >= 11 is 0. The van der Waals surface area contributed by atoms with E-state index in [1.807, 2.05) is 27.7 Å². The summed E-state index contributed by atoms with van der Waals surface area (Å²) in [5, 5.41) is 0. The number of ketones is 1. The van der Waals surface area contributed by atoms with Gasteiger partial charge in [0.15, 0.2) is 5.78 Å². The monoisotopic (exact) mass is 155 g/mol. The second kappa shape index (κ2) is 2.78. The SMILES string of the molecule is C=CC(=O)C(C)(C)C(C)(C)N. The molecule has 2 N–H and O–H groups in total. The van der Waals surface area contributed by atoms with Crippen LogP contribution >= 0.6 is 0 Å². The maximum atomic E-state index is 11.3. The Balaban J connectivity index is 4.73. The lowest BCUT2D eigenvalue weighted by atomic mass is 9.72. The van der Waals surface area contributed by atoms with E-state index in [-0.39, 0.29) is 5.78 Å². The summed E-state index contributed by atoms with van der Waals surface area (Å²) in [5.74, 6) is -0.00926. The van der Waals surface area contributed by atoms with Gasteiger partial charge in [0.05, 0.1) is 0 Å². The first-order valence-electron chi connectivity index (χ1n) is 3.69. The van der Waals surface area contributed by atoms with Crippen molar-refractivity contribution in [1.82, 2.24) is 0 Å². The standard InChI is InChI=1S/C9H17NO/c1-6-7(11)8(2,3)9(4,5)10/h6H,1,10H2,2-5H3. The first kappa shape index (κ1) is 10.4. The van der Waals surface area contributed by atoms with Crippen LogP contribution in [0.4, 0.5) is 0 Å². The summed E-state index contributed by atoms with van der Waals surface area (Å²) < 4.78 is 0. The van der Waals surface area contributed by atoms with Gasteiger partial charge in [-0.1, -0.05) is 20.4 Å². The van der Waals surface area contributed by atoms with E-state index in [1.165, 1.54) is 6.08 Å². The average molecular weight is 155 g/mol. The summed E-state index contributed by atoms with van der Waals surface area (Å²) in [6.45, 7) is 10.8. The molecule has 0 aliphatic heterocycles. The van der Waals surface area contributed by atoms with Crippen molar-refractivity contribution < 1.29 is 4.79 Å². The molecule has 0 amide bonds. The van der Waals surface area contributed by atoms with Crippen molar-refractivity contribution in [3.05, 3.63) is 12.7 Å². The van der Waals surface area contributed by atoms with E-state index >= 15 is 0 Å². The molecule has 11 heavy (non-hydrogen) atoms. The van der Waals surface area contributed by atoms with Crippen molar-refractivity contribution in [2.24, 2.45) is 11.1 Å². The van der Waals surface area contributed by atoms with Crippen LogP contribution in [0.25, 0.3) is 0 Å². The number of hydrogen-bond acceptors (Lipinski definition) is 2.